The first-order valence-electron chi connectivity index (χ1n) is 6.26. The third-order valence-corrected chi connectivity index (χ3v) is 2.99. The van der Waals surface area contributed by atoms with Crippen LogP contribution in [-0.2, 0) is 4.79 Å². The fourth-order valence-corrected chi connectivity index (χ4v) is 1.93. The maximum Gasteiger partial charge on any atom is 0.175 e. The van der Waals surface area contributed by atoms with Gasteiger partial charge >= 0.3 is 0 Å². The number of carbonyl (C=O) groups excluding carboxylic acids is 1. The molecule has 0 bridgehead atoms. The molecular formula is C17H15NO. The number of carbonyl (C=O) groups is 1. The normalized spacial score (nSPS) is 11.6. The lowest BCUT2D eigenvalue weighted by molar-refractivity contribution is -0.117. The molecule has 2 aromatic rings. The molecule has 0 spiro atoms. The summed E-state index contributed by atoms with van der Waals surface area (Å²) in [5.74, 6) is -0.276. The number of hydrogen-bond acceptors (Lipinski definition) is 2. The number of rotatable bonds is 3. The number of fused-ring (bicyclic) bond motifs is 1. The van der Waals surface area contributed by atoms with Crippen LogP contribution in [0.25, 0.3) is 16.8 Å². The summed E-state index contributed by atoms with van der Waals surface area (Å²) < 4.78 is 0. The topological polar surface area (TPSA) is 40.9 Å². The van der Waals surface area contributed by atoms with E-state index in [9.17, 15) is 4.79 Å². The Morgan fingerprint density at radius 3 is 2.47 bits per heavy atom. The molecule has 0 fully saturated rings. The number of nitriles is 1. The van der Waals surface area contributed by atoms with Gasteiger partial charge in [-0.25, -0.2) is 0 Å². The average Bonchev–Trinajstić information content (AvgIpc) is 2.43. The largest absolute Gasteiger partial charge is 0.293 e. The monoisotopic (exact) mass is 249 g/mol. The zero-order valence-corrected chi connectivity index (χ0v) is 11.1. The number of nitrogens with zero attached hydrogens (tertiary/aromatic N) is 1. The second-order valence-corrected chi connectivity index (χ2v) is 4.80. The molecular weight excluding hydrogens is 234 g/mol. The van der Waals surface area contributed by atoms with Gasteiger partial charge < -0.3 is 0 Å². The third kappa shape index (κ3) is 2.89. The Hall–Kier alpha value is -2.40. The molecule has 0 amide bonds. The predicted molar refractivity (Wildman–Crippen MR) is 77.4 cm³/mol. The van der Waals surface area contributed by atoms with Crippen molar-refractivity contribution in [3.8, 4) is 6.07 Å². The van der Waals surface area contributed by atoms with Gasteiger partial charge in [0.05, 0.1) is 5.57 Å². The van der Waals surface area contributed by atoms with Crippen LogP contribution in [0, 0.1) is 17.2 Å². The van der Waals surface area contributed by atoms with E-state index in [1.807, 2.05) is 48.5 Å². The van der Waals surface area contributed by atoms with Crippen LogP contribution in [0.4, 0.5) is 0 Å². The van der Waals surface area contributed by atoms with E-state index in [0.29, 0.717) is 0 Å². The van der Waals surface area contributed by atoms with Gasteiger partial charge in [-0.15, -0.1) is 0 Å². The van der Waals surface area contributed by atoms with Gasteiger partial charge in [0.15, 0.2) is 5.78 Å². The molecule has 0 heterocycles. The summed E-state index contributed by atoms with van der Waals surface area (Å²) in [7, 11) is 0. The first-order valence-corrected chi connectivity index (χ1v) is 6.26. The molecule has 0 atom stereocenters. The Morgan fingerprint density at radius 2 is 1.84 bits per heavy atom. The van der Waals surface area contributed by atoms with Crippen LogP contribution in [0.15, 0.2) is 48.0 Å². The van der Waals surface area contributed by atoms with Gasteiger partial charge in [-0.3, -0.25) is 4.79 Å². The molecule has 19 heavy (non-hydrogen) atoms. The fraction of sp³-hybridized carbons (Fsp3) is 0.176. The lowest BCUT2D eigenvalue weighted by Gasteiger charge is -2.03. The van der Waals surface area contributed by atoms with E-state index in [1.54, 1.807) is 19.9 Å². The van der Waals surface area contributed by atoms with Gasteiger partial charge in [0.25, 0.3) is 0 Å². The number of hydrogen-bond donors (Lipinski definition) is 0. The molecule has 0 saturated heterocycles. The first kappa shape index (κ1) is 13.0. The minimum absolute atomic E-state index is 0.115. The van der Waals surface area contributed by atoms with Crippen LogP contribution in [0.5, 0.6) is 0 Å². The van der Waals surface area contributed by atoms with E-state index in [2.05, 4.69) is 0 Å². The Labute approximate surface area is 113 Å². The Kier molecular flexibility index (Phi) is 3.77. The molecule has 0 unspecified atom stereocenters. The van der Waals surface area contributed by atoms with Gasteiger partial charge in [-0.1, -0.05) is 50.2 Å². The summed E-state index contributed by atoms with van der Waals surface area (Å²) in [6.45, 7) is 3.60. The third-order valence-electron chi connectivity index (χ3n) is 2.99. The maximum absolute atomic E-state index is 11.9. The van der Waals surface area contributed by atoms with Gasteiger partial charge in [-0.05, 0) is 28.5 Å². The predicted octanol–water partition coefficient (Wildman–Crippen LogP) is 3.97. The van der Waals surface area contributed by atoms with E-state index < -0.39 is 0 Å². The second-order valence-electron chi connectivity index (χ2n) is 4.80. The molecule has 0 aliphatic rings. The highest BCUT2D eigenvalue weighted by atomic mass is 16.1. The van der Waals surface area contributed by atoms with Crippen LogP contribution in [-0.4, -0.2) is 5.78 Å². The molecule has 0 radical (unpaired) electrons. The molecule has 2 heteroatoms. The fourth-order valence-electron chi connectivity index (χ4n) is 1.93. The molecule has 0 saturated carbocycles. The molecule has 2 nitrogen and oxygen atoms in total. The standard InChI is InChI=1S/C17H15NO/c1-12(2)17(19)16(11-18)10-13-7-8-14-5-3-4-6-15(14)9-13/h3-10,12H,1-2H3. The zero-order valence-electron chi connectivity index (χ0n) is 11.1. The van der Waals surface area contributed by atoms with Crippen LogP contribution >= 0.6 is 0 Å². The van der Waals surface area contributed by atoms with Crippen LogP contribution in [0.3, 0.4) is 0 Å². The molecule has 0 aliphatic carbocycles. The summed E-state index contributed by atoms with van der Waals surface area (Å²) >= 11 is 0. The van der Waals surface area contributed by atoms with Crippen molar-refractivity contribution in [2.45, 2.75) is 13.8 Å². The van der Waals surface area contributed by atoms with Crippen molar-refractivity contribution < 1.29 is 4.79 Å². The van der Waals surface area contributed by atoms with Gasteiger partial charge in [0.1, 0.15) is 6.07 Å². The lowest BCUT2D eigenvalue weighted by atomic mass is 9.99. The molecule has 0 N–H and O–H groups in total. The van der Waals surface area contributed by atoms with Crippen molar-refractivity contribution in [3.63, 3.8) is 0 Å². The molecule has 2 rings (SSSR count). The van der Waals surface area contributed by atoms with Crippen molar-refractivity contribution in [3.05, 3.63) is 53.6 Å². The summed E-state index contributed by atoms with van der Waals surface area (Å²) in [5.41, 5.74) is 1.09. The van der Waals surface area contributed by atoms with Crippen molar-refractivity contribution in [1.29, 1.82) is 5.26 Å². The summed E-state index contributed by atoms with van der Waals surface area (Å²) in [5, 5.41) is 11.3. The number of allylic oxidation sites excluding steroid dienone is 1. The minimum atomic E-state index is -0.161. The van der Waals surface area contributed by atoms with Crippen molar-refractivity contribution in [2.75, 3.05) is 0 Å². The minimum Gasteiger partial charge on any atom is -0.293 e. The quantitative estimate of drug-likeness (QED) is 0.610. The lowest BCUT2D eigenvalue weighted by Crippen LogP contribution is -2.08. The van der Waals surface area contributed by atoms with Crippen LogP contribution in [0.2, 0.25) is 0 Å². The number of benzene rings is 2. The summed E-state index contributed by atoms with van der Waals surface area (Å²) in [6, 6.07) is 15.9. The highest BCUT2D eigenvalue weighted by Gasteiger charge is 2.13. The van der Waals surface area contributed by atoms with Crippen molar-refractivity contribution in [1.82, 2.24) is 0 Å². The highest BCUT2D eigenvalue weighted by Crippen LogP contribution is 2.18. The summed E-state index contributed by atoms with van der Waals surface area (Å²) in [4.78, 5) is 11.9. The van der Waals surface area contributed by atoms with Crippen LogP contribution < -0.4 is 0 Å². The number of Topliss-reactive ketones (excluding diaryl/α,β-unsaturated/α-hetero) is 1. The molecule has 0 aromatic heterocycles. The Morgan fingerprint density at radius 1 is 1.16 bits per heavy atom. The SMILES string of the molecule is CC(C)C(=O)C(C#N)=Cc1ccc2ccccc2c1. The number of ketones is 1. The van der Waals surface area contributed by atoms with Crippen molar-refractivity contribution in [2.24, 2.45) is 5.92 Å². The molecule has 94 valence electrons. The van der Waals surface area contributed by atoms with E-state index in [0.717, 1.165) is 16.3 Å². The van der Waals surface area contributed by atoms with Crippen LogP contribution in [0.1, 0.15) is 19.4 Å². The van der Waals surface area contributed by atoms with Gasteiger partial charge in [0.2, 0.25) is 0 Å². The van der Waals surface area contributed by atoms with Gasteiger partial charge in [-0.2, -0.15) is 5.26 Å². The highest BCUT2D eigenvalue weighted by molar-refractivity contribution is 6.04. The van der Waals surface area contributed by atoms with E-state index in [1.165, 1.54) is 0 Å². The maximum atomic E-state index is 11.9. The molecule has 2 aromatic carbocycles. The second kappa shape index (κ2) is 5.49. The summed E-state index contributed by atoms with van der Waals surface area (Å²) in [6.07, 6.45) is 1.66. The molecule has 0 aliphatic heterocycles. The first-order chi connectivity index (χ1) is 9.11. The van der Waals surface area contributed by atoms with E-state index >= 15 is 0 Å². The smallest absolute Gasteiger partial charge is 0.175 e. The van der Waals surface area contributed by atoms with E-state index in [4.69, 9.17) is 5.26 Å². The Balaban J connectivity index is 2.44. The average molecular weight is 249 g/mol. The Bertz CT molecular complexity index is 690. The van der Waals surface area contributed by atoms with E-state index in [-0.39, 0.29) is 17.3 Å². The van der Waals surface area contributed by atoms with Gasteiger partial charge in [0, 0.05) is 5.92 Å². The van der Waals surface area contributed by atoms with Crippen molar-refractivity contribution >= 4 is 22.6 Å². The zero-order chi connectivity index (χ0) is 13.8.